The third-order valence-electron chi connectivity index (χ3n) is 3.05. The Morgan fingerprint density at radius 2 is 1.85 bits per heavy atom. The van der Waals surface area contributed by atoms with E-state index in [-0.39, 0.29) is 5.91 Å². The Morgan fingerprint density at radius 3 is 2.55 bits per heavy atom. The average molecular weight is 263 g/mol. The van der Waals surface area contributed by atoms with Crippen LogP contribution >= 0.6 is 0 Å². The van der Waals surface area contributed by atoms with Crippen LogP contribution in [0, 0.1) is 0 Å². The van der Waals surface area contributed by atoms with Gasteiger partial charge in [0.05, 0.1) is 0 Å². The minimum atomic E-state index is -0.221. The van der Waals surface area contributed by atoms with Crippen LogP contribution in [0.4, 0.5) is 5.69 Å². The molecule has 0 saturated heterocycles. The number of anilines is 1. The van der Waals surface area contributed by atoms with E-state index in [4.69, 9.17) is 4.42 Å². The van der Waals surface area contributed by atoms with Crippen molar-refractivity contribution in [3.8, 4) is 11.3 Å². The van der Waals surface area contributed by atoms with E-state index in [1.807, 2.05) is 54.6 Å². The highest BCUT2D eigenvalue weighted by Crippen LogP contribution is 2.28. The SMILES string of the molecule is C=CC(=O)Nc1ccc(-c2cc3ccccc3o2)cc1. The zero-order valence-corrected chi connectivity index (χ0v) is 10.8. The summed E-state index contributed by atoms with van der Waals surface area (Å²) in [5.41, 5.74) is 2.57. The Balaban J connectivity index is 1.90. The Kier molecular flexibility index (Phi) is 3.09. The van der Waals surface area contributed by atoms with Gasteiger partial charge in [-0.25, -0.2) is 0 Å². The van der Waals surface area contributed by atoms with Gasteiger partial charge in [0.1, 0.15) is 11.3 Å². The monoisotopic (exact) mass is 263 g/mol. The zero-order valence-electron chi connectivity index (χ0n) is 10.8. The molecule has 0 atom stereocenters. The van der Waals surface area contributed by atoms with Gasteiger partial charge in [-0.15, -0.1) is 0 Å². The molecule has 0 aliphatic rings. The van der Waals surface area contributed by atoms with Gasteiger partial charge in [0.25, 0.3) is 0 Å². The molecule has 0 saturated carbocycles. The van der Waals surface area contributed by atoms with Gasteiger partial charge < -0.3 is 9.73 Å². The molecule has 0 fully saturated rings. The number of carbonyl (C=O) groups excluding carboxylic acids is 1. The second kappa shape index (κ2) is 5.05. The van der Waals surface area contributed by atoms with Crippen molar-refractivity contribution in [3.05, 3.63) is 67.3 Å². The molecular weight excluding hydrogens is 250 g/mol. The molecule has 3 heteroatoms. The first-order chi connectivity index (χ1) is 9.76. The van der Waals surface area contributed by atoms with Crippen molar-refractivity contribution in [2.75, 3.05) is 5.32 Å². The van der Waals surface area contributed by atoms with Gasteiger partial charge in [-0.1, -0.05) is 24.8 Å². The summed E-state index contributed by atoms with van der Waals surface area (Å²) in [6.45, 7) is 3.42. The molecule has 0 aliphatic carbocycles. The molecule has 0 unspecified atom stereocenters. The number of hydrogen-bond acceptors (Lipinski definition) is 2. The summed E-state index contributed by atoms with van der Waals surface area (Å²) < 4.78 is 5.79. The number of carbonyl (C=O) groups is 1. The van der Waals surface area contributed by atoms with Crippen molar-refractivity contribution in [1.29, 1.82) is 0 Å². The molecule has 0 radical (unpaired) electrons. The normalized spacial score (nSPS) is 10.4. The van der Waals surface area contributed by atoms with Crippen LogP contribution in [0.3, 0.4) is 0 Å². The molecule has 0 spiro atoms. The molecule has 3 aromatic rings. The summed E-state index contributed by atoms with van der Waals surface area (Å²) in [6.07, 6.45) is 1.24. The van der Waals surface area contributed by atoms with Gasteiger partial charge >= 0.3 is 0 Å². The number of amides is 1. The summed E-state index contributed by atoms with van der Waals surface area (Å²) in [5.74, 6) is 0.592. The van der Waals surface area contributed by atoms with Gasteiger partial charge in [0.2, 0.25) is 5.91 Å². The van der Waals surface area contributed by atoms with Crippen LogP contribution in [-0.4, -0.2) is 5.91 Å². The van der Waals surface area contributed by atoms with E-state index in [1.165, 1.54) is 6.08 Å². The average Bonchev–Trinajstić information content (AvgIpc) is 2.91. The number of furan rings is 1. The molecule has 3 nitrogen and oxygen atoms in total. The van der Waals surface area contributed by atoms with Crippen LogP contribution in [0.2, 0.25) is 0 Å². The lowest BCUT2D eigenvalue weighted by atomic mass is 10.1. The summed E-state index contributed by atoms with van der Waals surface area (Å²) in [5, 5.41) is 3.78. The lowest BCUT2D eigenvalue weighted by Crippen LogP contribution is -2.06. The number of fused-ring (bicyclic) bond motifs is 1. The molecule has 0 aliphatic heterocycles. The van der Waals surface area contributed by atoms with Crippen LogP contribution in [0.25, 0.3) is 22.3 Å². The van der Waals surface area contributed by atoms with Crippen LogP contribution in [-0.2, 0) is 4.79 Å². The molecule has 2 aromatic carbocycles. The highest BCUT2D eigenvalue weighted by atomic mass is 16.3. The topological polar surface area (TPSA) is 42.2 Å². The first-order valence-corrected chi connectivity index (χ1v) is 6.29. The van der Waals surface area contributed by atoms with Gasteiger partial charge in [-0.2, -0.15) is 0 Å². The molecular formula is C17H13NO2. The predicted octanol–water partition coefficient (Wildman–Crippen LogP) is 4.22. The Morgan fingerprint density at radius 1 is 1.10 bits per heavy atom. The van der Waals surface area contributed by atoms with E-state index in [1.54, 1.807) is 0 Å². The number of rotatable bonds is 3. The lowest BCUT2D eigenvalue weighted by molar-refractivity contribution is -0.111. The first kappa shape index (κ1) is 12.2. The van der Waals surface area contributed by atoms with Crippen LogP contribution in [0.5, 0.6) is 0 Å². The van der Waals surface area contributed by atoms with Crippen molar-refractivity contribution in [2.24, 2.45) is 0 Å². The maximum absolute atomic E-state index is 11.2. The van der Waals surface area contributed by atoms with Gasteiger partial charge in [0, 0.05) is 16.6 Å². The van der Waals surface area contributed by atoms with E-state index in [0.717, 1.165) is 28.0 Å². The molecule has 1 aromatic heterocycles. The third-order valence-corrected chi connectivity index (χ3v) is 3.05. The smallest absolute Gasteiger partial charge is 0.247 e. The molecule has 20 heavy (non-hydrogen) atoms. The fourth-order valence-corrected chi connectivity index (χ4v) is 2.04. The van der Waals surface area contributed by atoms with Gasteiger partial charge in [0.15, 0.2) is 0 Å². The Hall–Kier alpha value is -2.81. The Bertz CT molecular complexity index is 736. The molecule has 1 N–H and O–H groups in total. The van der Waals surface area contributed by atoms with Crippen molar-refractivity contribution < 1.29 is 9.21 Å². The quantitative estimate of drug-likeness (QED) is 0.719. The largest absolute Gasteiger partial charge is 0.456 e. The number of hydrogen-bond donors (Lipinski definition) is 1. The molecule has 0 bridgehead atoms. The standard InChI is InChI=1S/C17H13NO2/c1-2-17(19)18-14-9-7-12(8-10-14)16-11-13-5-3-4-6-15(13)20-16/h2-11H,1H2,(H,18,19). The van der Waals surface area contributed by atoms with Crippen LogP contribution in [0.1, 0.15) is 0 Å². The van der Waals surface area contributed by atoms with Gasteiger partial charge in [-0.05, 0) is 42.5 Å². The van der Waals surface area contributed by atoms with Crippen LogP contribution in [0.15, 0.2) is 71.7 Å². The summed E-state index contributed by atoms with van der Waals surface area (Å²) in [4.78, 5) is 11.2. The molecule has 1 amide bonds. The Labute approximate surface area is 116 Å². The van der Waals surface area contributed by atoms with E-state index in [0.29, 0.717) is 0 Å². The fourth-order valence-electron chi connectivity index (χ4n) is 2.04. The van der Waals surface area contributed by atoms with E-state index >= 15 is 0 Å². The van der Waals surface area contributed by atoms with E-state index < -0.39 is 0 Å². The number of benzene rings is 2. The van der Waals surface area contributed by atoms with E-state index in [9.17, 15) is 4.79 Å². The second-order valence-electron chi connectivity index (χ2n) is 4.42. The third kappa shape index (κ3) is 2.34. The molecule has 98 valence electrons. The minimum absolute atomic E-state index is 0.221. The lowest BCUT2D eigenvalue weighted by Gasteiger charge is -2.02. The maximum Gasteiger partial charge on any atom is 0.247 e. The van der Waals surface area contributed by atoms with Gasteiger partial charge in [-0.3, -0.25) is 4.79 Å². The zero-order chi connectivity index (χ0) is 13.9. The fraction of sp³-hybridized carbons (Fsp3) is 0. The van der Waals surface area contributed by atoms with Crippen molar-refractivity contribution >= 4 is 22.6 Å². The van der Waals surface area contributed by atoms with Crippen molar-refractivity contribution in [1.82, 2.24) is 0 Å². The summed E-state index contributed by atoms with van der Waals surface area (Å²) in [6, 6.07) is 17.4. The predicted molar refractivity (Wildman–Crippen MR) is 80.5 cm³/mol. The number of para-hydroxylation sites is 1. The van der Waals surface area contributed by atoms with Crippen molar-refractivity contribution in [3.63, 3.8) is 0 Å². The van der Waals surface area contributed by atoms with Crippen LogP contribution < -0.4 is 5.32 Å². The first-order valence-electron chi connectivity index (χ1n) is 6.29. The highest BCUT2D eigenvalue weighted by molar-refractivity contribution is 5.99. The molecule has 1 heterocycles. The molecule has 3 rings (SSSR count). The van der Waals surface area contributed by atoms with Crippen molar-refractivity contribution in [2.45, 2.75) is 0 Å². The number of nitrogens with one attached hydrogen (secondary N) is 1. The maximum atomic E-state index is 11.2. The minimum Gasteiger partial charge on any atom is -0.456 e. The van der Waals surface area contributed by atoms with E-state index in [2.05, 4.69) is 11.9 Å². The summed E-state index contributed by atoms with van der Waals surface area (Å²) >= 11 is 0. The summed E-state index contributed by atoms with van der Waals surface area (Å²) in [7, 11) is 0. The second-order valence-corrected chi connectivity index (χ2v) is 4.42. The highest BCUT2D eigenvalue weighted by Gasteiger charge is 2.06.